The van der Waals surface area contributed by atoms with E-state index in [0.717, 1.165) is 30.8 Å². The van der Waals surface area contributed by atoms with E-state index >= 15 is 0 Å². The largest absolute Gasteiger partial charge is 0.350 e. The summed E-state index contributed by atoms with van der Waals surface area (Å²) in [6.07, 6.45) is 6.10. The minimum Gasteiger partial charge on any atom is -0.350 e. The maximum absolute atomic E-state index is 4.37. The van der Waals surface area contributed by atoms with Crippen LogP contribution in [-0.4, -0.2) is 31.5 Å². The summed E-state index contributed by atoms with van der Waals surface area (Å²) < 4.78 is 2.02. The van der Waals surface area contributed by atoms with Crippen molar-refractivity contribution in [1.29, 1.82) is 0 Å². The van der Waals surface area contributed by atoms with Crippen molar-refractivity contribution in [3.63, 3.8) is 0 Å². The van der Waals surface area contributed by atoms with Crippen LogP contribution in [0.5, 0.6) is 0 Å². The molecule has 1 fully saturated rings. The van der Waals surface area contributed by atoms with Gasteiger partial charge in [0.1, 0.15) is 0 Å². The normalized spacial score (nSPS) is 16.6. The molecule has 2 aromatic heterocycles. The van der Waals surface area contributed by atoms with Crippen molar-refractivity contribution in [2.75, 3.05) is 11.9 Å². The maximum atomic E-state index is 4.37. The van der Waals surface area contributed by atoms with Crippen molar-refractivity contribution < 1.29 is 0 Å². The Bertz CT molecular complexity index is 544. The van der Waals surface area contributed by atoms with Crippen molar-refractivity contribution in [3.8, 4) is 0 Å². The van der Waals surface area contributed by atoms with Crippen molar-refractivity contribution in [2.45, 2.75) is 32.2 Å². The monoisotopic (exact) mass is 244 g/mol. The molecule has 0 atom stereocenters. The molecule has 6 nitrogen and oxygen atoms in total. The summed E-state index contributed by atoms with van der Waals surface area (Å²) in [7, 11) is 0. The van der Waals surface area contributed by atoms with Gasteiger partial charge in [0.05, 0.1) is 16.9 Å². The highest BCUT2D eigenvalue weighted by Gasteiger charge is 2.45. The zero-order valence-electron chi connectivity index (χ0n) is 10.6. The molecule has 1 aliphatic rings. The summed E-state index contributed by atoms with van der Waals surface area (Å²) in [6, 6.07) is 1.95. The molecular formula is C12H16N6. The lowest BCUT2D eigenvalue weighted by atomic mass is 10.3. The number of aryl methyl sites for hydroxylation is 2. The van der Waals surface area contributed by atoms with Crippen LogP contribution < -0.4 is 5.32 Å². The minimum absolute atomic E-state index is 0.103. The third kappa shape index (κ3) is 1.94. The molecule has 1 aliphatic carbocycles. The van der Waals surface area contributed by atoms with Gasteiger partial charge in [0.25, 0.3) is 0 Å². The van der Waals surface area contributed by atoms with Crippen LogP contribution in [0.4, 0.5) is 5.95 Å². The van der Waals surface area contributed by atoms with E-state index in [9.17, 15) is 0 Å². The van der Waals surface area contributed by atoms with Crippen molar-refractivity contribution >= 4 is 5.95 Å². The highest BCUT2D eigenvalue weighted by atomic mass is 15.3. The Morgan fingerprint density at radius 3 is 2.72 bits per heavy atom. The molecule has 0 aliphatic heterocycles. The summed E-state index contributed by atoms with van der Waals surface area (Å²) >= 11 is 0. The predicted octanol–water partition coefficient (Wildman–Crippen LogP) is 1.29. The fourth-order valence-electron chi connectivity index (χ4n) is 1.96. The number of hydrogen-bond donors (Lipinski definition) is 1. The first-order valence-electron chi connectivity index (χ1n) is 6.12. The van der Waals surface area contributed by atoms with Crippen LogP contribution in [0.1, 0.15) is 24.2 Å². The second-order valence-corrected chi connectivity index (χ2v) is 4.83. The van der Waals surface area contributed by atoms with Crippen molar-refractivity contribution in [2.24, 2.45) is 0 Å². The highest BCUT2D eigenvalue weighted by Crippen LogP contribution is 2.42. The zero-order chi connectivity index (χ0) is 12.6. The quantitative estimate of drug-likeness (QED) is 0.877. The van der Waals surface area contributed by atoms with Gasteiger partial charge in [-0.1, -0.05) is 0 Å². The van der Waals surface area contributed by atoms with E-state index in [1.165, 1.54) is 0 Å². The van der Waals surface area contributed by atoms with Crippen LogP contribution in [0, 0.1) is 13.8 Å². The first kappa shape index (κ1) is 11.1. The van der Waals surface area contributed by atoms with E-state index in [2.05, 4.69) is 25.6 Å². The predicted molar refractivity (Wildman–Crippen MR) is 67.2 cm³/mol. The third-order valence-electron chi connectivity index (χ3n) is 3.49. The fourth-order valence-corrected chi connectivity index (χ4v) is 1.96. The summed E-state index contributed by atoms with van der Waals surface area (Å²) in [5.74, 6) is 0.594. The van der Waals surface area contributed by atoms with E-state index in [1.807, 2.05) is 37.0 Å². The Morgan fingerprint density at radius 1 is 1.28 bits per heavy atom. The molecule has 1 saturated carbocycles. The number of hydrogen-bond acceptors (Lipinski definition) is 5. The number of anilines is 1. The van der Waals surface area contributed by atoms with E-state index in [0.29, 0.717) is 5.95 Å². The molecule has 3 rings (SSSR count). The Balaban J connectivity index is 1.70. The van der Waals surface area contributed by atoms with Crippen molar-refractivity contribution in [1.82, 2.24) is 25.0 Å². The first-order valence-corrected chi connectivity index (χ1v) is 6.12. The van der Waals surface area contributed by atoms with Crippen LogP contribution >= 0.6 is 0 Å². The van der Waals surface area contributed by atoms with Gasteiger partial charge in [-0.15, -0.1) is 5.10 Å². The van der Waals surface area contributed by atoms with Gasteiger partial charge in [-0.2, -0.15) is 10.2 Å². The van der Waals surface area contributed by atoms with E-state index in [-0.39, 0.29) is 5.54 Å². The van der Waals surface area contributed by atoms with Gasteiger partial charge in [0.2, 0.25) is 5.95 Å². The molecule has 0 aromatic carbocycles. The van der Waals surface area contributed by atoms with Crippen LogP contribution in [0.15, 0.2) is 18.5 Å². The zero-order valence-corrected chi connectivity index (χ0v) is 10.6. The molecule has 0 spiro atoms. The topological polar surface area (TPSA) is 68.5 Å². The third-order valence-corrected chi connectivity index (χ3v) is 3.49. The molecule has 0 saturated heterocycles. The highest BCUT2D eigenvalue weighted by molar-refractivity contribution is 5.26. The fraction of sp³-hybridized carbons (Fsp3) is 0.500. The molecule has 94 valence electrons. The number of aromatic nitrogens is 5. The second-order valence-electron chi connectivity index (χ2n) is 4.83. The van der Waals surface area contributed by atoms with Crippen LogP contribution in [0.25, 0.3) is 0 Å². The molecule has 2 heterocycles. The molecule has 18 heavy (non-hydrogen) atoms. The minimum atomic E-state index is 0.103. The molecule has 6 heteroatoms. The summed E-state index contributed by atoms with van der Waals surface area (Å²) in [5, 5.41) is 15.7. The lowest BCUT2D eigenvalue weighted by Crippen LogP contribution is -2.27. The van der Waals surface area contributed by atoms with E-state index in [1.54, 1.807) is 0 Å². The number of nitrogens with zero attached hydrogens (tertiary/aromatic N) is 5. The Hall–Kier alpha value is -1.98. The lowest BCUT2D eigenvalue weighted by Gasteiger charge is -2.16. The van der Waals surface area contributed by atoms with Crippen molar-refractivity contribution in [3.05, 3.63) is 29.8 Å². The summed E-state index contributed by atoms with van der Waals surface area (Å²) in [4.78, 5) is 4.37. The van der Waals surface area contributed by atoms with Gasteiger partial charge < -0.3 is 5.32 Å². The lowest BCUT2D eigenvalue weighted by molar-refractivity contribution is 0.452. The summed E-state index contributed by atoms with van der Waals surface area (Å²) in [6.45, 7) is 4.64. The molecule has 0 unspecified atom stereocenters. The van der Waals surface area contributed by atoms with Gasteiger partial charge in [-0.05, 0) is 32.8 Å². The van der Waals surface area contributed by atoms with E-state index < -0.39 is 0 Å². The Labute approximate surface area is 105 Å². The summed E-state index contributed by atoms with van der Waals surface area (Å²) in [5.41, 5.74) is 1.89. The van der Waals surface area contributed by atoms with Gasteiger partial charge in [0.15, 0.2) is 0 Å². The Morgan fingerprint density at radius 2 is 2.11 bits per heavy atom. The average molecular weight is 244 g/mol. The molecule has 0 radical (unpaired) electrons. The van der Waals surface area contributed by atoms with Gasteiger partial charge >= 0.3 is 0 Å². The second kappa shape index (κ2) is 4.04. The Kier molecular flexibility index (Phi) is 2.50. The van der Waals surface area contributed by atoms with Crippen LogP contribution in [0.2, 0.25) is 0 Å². The van der Waals surface area contributed by atoms with Crippen LogP contribution in [0.3, 0.4) is 0 Å². The first-order chi connectivity index (χ1) is 8.70. The standard InChI is InChI=1S/C12H16N6/c1-9-10(2)16-17-11(15-9)13-8-12(4-5-12)18-7-3-6-14-18/h3,6-7H,4-5,8H2,1-2H3,(H,13,15,17). The van der Waals surface area contributed by atoms with Gasteiger partial charge in [-0.25, -0.2) is 4.98 Å². The van der Waals surface area contributed by atoms with Crippen LogP contribution in [-0.2, 0) is 5.54 Å². The number of nitrogens with one attached hydrogen (secondary N) is 1. The maximum Gasteiger partial charge on any atom is 0.243 e. The molecular weight excluding hydrogens is 228 g/mol. The van der Waals surface area contributed by atoms with Gasteiger partial charge in [0, 0.05) is 18.9 Å². The SMILES string of the molecule is Cc1nnc(NCC2(n3cccn3)CC2)nc1C. The molecule has 2 aromatic rings. The molecule has 0 bridgehead atoms. The molecule has 0 amide bonds. The average Bonchev–Trinajstić information content (AvgIpc) is 2.95. The number of rotatable bonds is 4. The molecule has 1 N–H and O–H groups in total. The van der Waals surface area contributed by atoms with Gasteiger partial charge in [-0.3, -0.25) is 4.68 Å². The van der Waals surface area contributed by atoms with E-state index in [4.69, 9.17) is 0 Å². The smallest absolute Gasteiger partial charge is 0.243 e.